The minimum atomic E-state index is -0.750. The molecule has 5 rings (SSSR count). The van der Waals surface area contributed by atoms with Gasteiger partial charge in [-0.05, 0) is 29.8 Å². The normalized spacial score (nSPS) is 15.6. The quantitative estimate of drug-likeness (QED) is 0.603. The molecule has 2 amide bonds. The molecule has 1 fully saturated rings. The second-order valence-electron chi connectivity index (χ2n) is 8.13. The van der Waals surface area contributed by atoms with Crippen molar-refractivity contribution in [1.29, 1.82) is 0 Å². The number of amides is 2. The maximum Gasteiger partial charge on any atom is 0.271 e. The van der Waals surface area contributed by atoms with Crippen LogP contribution in [-0.4, -0.2) is 59.1 Å². The molecule has 0 atom stereocenters. The Hall–Kier alpha value is -3.79. The summed E-state index contributed by atoms with van der Waals surface area (Å²) in [5.74, 6) is -1.58. The largest absolute Gasteiger partial charge is 0.378 e. The number of anilines is 2. The lowest BCUT2D eigenvalue weighted by molar-refractivity contribution is -0.134. The standard InChI is InChI=1S/C24H23F2N5O3/c25-17-2-1-3-18(26)20(17)23-29-22(21-24(33)27-8-9-31(21)23)28-16-6-4-15(5-7-16)14-19(32)30-10-12-34-13-11-30/h1-7,28H,8-14H2,(H,27,33). The van der Waals surface area contributed by atoms with Crippen molar-refractivity contribution < 1.29 is 23.1 Å². The van der Waals surface area contributed by atoms with Crippen LogP contribution in [0.15, 0.2) is 42.5 Å². The number of benzene rings is 2. The average Bonchev–Trinajstić information content (AvgIpc) is 3.20. The lowest BCUT2D eigenvalue weighted by Gasteiger charge is -2.26. The van der Waals surface area contributed by atoms with Crippen LogP contribution < -0.4 is 10.6 Å². The first kappa shape index (κ1) is 22.0. The number of fused-ring (bicyclic) bond motifs is 1. The smallest absolute Gasteiger partial charge is 0.271 e. The lowest BCUT2D eigenvalue weighted by atomic mass is 10.1. The SMILES string of the molecule is O=C1NCCn2c(-c3c(F)cccc3F)nc(Nc3ccc(CC(=O)N4CCOCC4)cc3)c21. The van der Waals surface area contributed by atoms with Crippen LogP contribution in [0.25, 0.3) is 11.4 Å². The van der Waals surface area contributed by atoms with Crippen molar-refractivity contribution in [2.24, 2.45) is 0 Å². The Kier molecular flexibility index (Phi) is 5.97. The summed E-state index contributed by atoms with van der Waals surface area (Å²) < 4.78 is 35.7. The Balaban J connectivity index is 1.40. The molecule has 2 aromatic carbocycles. The van der Waals surface area contributed by atoms with E-state index in [-0.39, 0.29) is 41.1 Å². The van der Waals surface area contributed by atoms with E-state index in [4.69, 9.17) is 4.74 Å². The van der Waals surface area contributed by atoms with Gasteiger partial charge in [-0.1, -0.05) is 18.2 Å². The summed E-state index contributed by atoms with van der Waals surface area (Å²) in [6.45, 7) is 2.96. The van der Waals surface area contributed by atoms with Crippen LogP contribution in [0.3, 0.4) is 0 Å². The molecule has 2 aliphatic rings. The highest BCUT2D eigenvalue weighted by Crippen LogP contribution is 2.32. The third-order valence-corrected chi connectivity index (χ3v) is 5.93. The Labute approximate surface area is 194 Å². The zero-order valence-electron chi connectivity index (χ0n) is 18.3. The molecule has 1 aromatic heterocycles. The monoisotopic (exact) mass is 467 g/mol. The van der Waals surface area contributed by atoms with Gasteiger partial charge in [0.05, 0.1) is 25.2 Å². The summed E-state index contributed by atoms with van der Waals surface area (Å²) in [7, 11) is 0. The molecular formula is C24H23F2N5O3. The van der Waals surface area contributed by atoms with Gasteiger partial charge in [0.15, 0.2) is 11.5 Å². The van der Waals surface area contributed by atoms with E-state index >= 15 is 0 Å². The summed E-state index contributed by atoms with van der Waals surface area (Å²) >= 11 is 0. The first-order valence-corrected chi connectivity index (χ1v) is 11.1. The van der Waals surface area contributed by atoms with E-state index in [0.717, 1.165) is 17.7 Å². The van der Waals surface area contributed by atoms with Gasteiger partial charge >= 0.3 is 0 Å². The van der Waals surface area contributed by atoms with Crippen molar-refractivity contribution >= 4 is 23.3 Å². The van der Waals surface area contributed by atoms with E-state index in [2.05, 4.69) is 15.6 Å². The molecular weight excluding hydrogens is 444 g/mol. The van der Waals surface area contributed by atoms with Crippen molar-refractivity contribution in [2.75, 3.05) is 38.2 Å². The first-order chi connectivity index (χ1) is 16.5. The van der Waals surface area contributed by atoms with Crippen LogP contribution in [0.5, 0.6) is 0 Å². The van der Waals surface area contributed by atoms with Crippen LogP contribution >= 0.6 is 0 Å². The van der Waals surface area contributed by atoms with E-state index in [1.165, 1.54) is 10.6 Å². The molecule has 0 bridgehead atoms. The molecule has 0 unspecified atom stereocenters. The molecule has 0 aliphatic carbocycles. The maximum absolute atomic E-state index is 14.5. The van der Waals surface area contributed by atoms with Crippen molar-refractivity contribution in [3.63, 3.8) is 0 Å². The Morgan fingerprint density at radius 2 is 1.76 bits per heavy atom. The van der Waals surface area contributed by atoms with Crippen molar-refractivity contribution in [3.8, 4) is 11.4 Å². The molecule has 0 radical (unpaired) electrons. The number of imidazole rings is 1. The number of ether oxygens (including phenoxy) is 1. The summed E-state index contributed by atoms with van der Waals surface area (Å²) in [4.78, 5) is 31.2. The van der Waals surface area contributed by atoms with Crippen LogP contribution in [0.2, 0.25) is 0 Å². The Morgan fingerprint density at radius 1 is 1.06 bits per heavy atom. The van der Waals surface area contributed by atoms with Crippen molar-refractivity contribution in [1.82, 2.24) is 19.8 Å². The zero-order valence-corrected chi connectivity index (χ0v) is 18.3. The minimum absolute atomic E-state index is 0.0420. The van der Waals surface area contributed by atoms with E-state index < -0.39 is 11.6 Å². The molecule has 0 saturated carbocycles. The highest BCUT2D eigenvalue weighted by atomic mass is 19.1. The number of aromatic nitrogens is 2. The Morgan fingerprint density at radius 3 is 2.47 bits per heavy atom. The molecule has 2 aliphatic heterocycles. The number of nitrogens with one attached hydrogen (secondary N) is 2. The summed E-state index contributed by atoms with van der Waals surface area (Å²) in [5.41, 5.74) is 1.40. The first-order valence-electron chi connectivity index (χ1n) is 11.1. The second kappa shape index (κ2) is 9.22. The van der Waals surface area contributed by atoms with Gasteiger partial charge in [0.2, 0.25) is 5.91 Å². The number of morpholine rings is 1. The van der Waals surface area contributed by atoms with Crippen molar-refractivity contribution in [3.05, 3.63) is 65.4 Å². The van der Waals surface area contributed by atoms with Gasteiger partial charge in [0.1, 0.15) is 17.5 Å². The topological polar surface area (TPSA) is 88.5 Å². The molecule has 10 heteroatoms. The number of rotatable bonds is 5. The third kappa shape index (κ3) is 4.24. The summed E-state index contributed by atoms with van der Waals surface area (Å²) in [6, 6.07) is 10.8. The van der Waals surface area contributed by atoms with Gasteiger partial charge in [0, 0.05) is 31.9 Å². The van der Waals surface area contributed by atoms with Gasteiger partial charge in [-0.15, -0.1) is 0 Å². The molecule has 8 nitrogen and oxygen atoms in total. The average molecular weight is 467 g/mol. The molecule has 3 heterocycles. The molecule has 2 N–H and O–H groups in total. The molecule has 1 saturated heterocycles. The lowest BCUT2D eigenvalue weighted by Crippen LogP contribution is -2.41. The highest BCUT2D eigenvalue weighted by Gasteiger charge is 2.29. The number of carbonyl (C=O) groups excluding carboxylic acids is 2. The molecule has 0 spiro atoms. The summed E-state index contributed by atoms with van der Waals surface area (Å²) in [6.07, 6.45) is 0.277. The van der Waals surface area contributed by atoms with E-state index in [0.29, 0.717) is 45.1 Å². The van der Waals surface area contributed by atoms with E-state index in [9.17, 15) is 18.4 Å². The number of halogens is 2. The zero-order chi connectivity index (χ0) is 23.7. The van der Waals surface area contributed by atoms with Gasteiger partial charge in [-0.25, -0.2) is 13.8 Å². The Bertz CT molecular complexity index is 1220. The van der Waals surface area contributed by atoms with E-state index in [1.54, 1.807) is 17.0 Å². The van der Waals surface area contributed by atoms with Gasteiger partial charge < -0.3 is 24.8 Å². The fourth-order valence-electron chi connectivity index (χ4n) is 4.20. The molecule has 3 aromatic rings. The third-order valence-electron chi connectivity index (χ3n) is 5.93. The number of hydrogen-bond acceptors (Lipinski definition) is 5. The summed E-state index contributed by atoms with van der Waals surface area (Å²) in [5, 5.41) is 5.83. The van der Waals surface area contributed by atoms with Crippen LogP contribution in [0.1, 0.15) is 16.1 Å². The van der Waals surface area contributed by atoms with Crippen LogP contribution in [-0.2, 0) is 22.5 Å². The van der Waals surface area contributed by atoms with Crippen LogP contribution in [0.4, 0.5) is 20.3 Å². The number of hydrogen-bond donors (Lipinski definition) is 2. The van der Waals surface area contributed by atoms with Gasteiger partial charge in [0.25, 0.3) is 5.91 Å². The highest BCUT2D eigenvalue weighted by molar-refractivity contribution is 5.99. The van der Waals surface area contributed by atoms with Crippen LogP contribution in [0, 0.1) is 11.6 Å². The van der Waals surface area contributed by atoms with Gasteiger partial charge in [-0.2, -0.15) is 0 Å². The molecule has 176 valence electrons. The van der Waals surface area contributed by atoms with Crippen molar-refractivity contribution in [2.45, 2.75) is 13.0 Å². The predicted octanol–water partition coefficient (Wildman–Crippen LogP) is 2.72. The van der Waals surface area contributed by atoms with Gasteiger partial charge in [-0.3, -0.25) is 9.59 Å². The number of carbonyl (C=O) groups is 2. The van der Waals surface area contributed by atoms with E-state index in [1.807, 2.05) is 12.1 Å². The maximum atomic E-state index is 14.5. The fourth-order valence-corrected chi connectivity index (χ4v) is 4.20. The minimum Gasteiger partial charge on any atom is -0.378 e. The second-order valence-corrected chi connectivity index (χ2v) is 8.13. The molecule has 34 heavy (non-hydrogen) atoms. The predicted molar refractivity (Wildman–Crippen MR) is 121 cm³/mol. The number of nitrogens with zero attached hydrogens (tertiary/aromatic N) is 3. The fraction of sp³-hybridized carbons (Fsp3) is 0.292.